The summed E-state index contributed by atoms with van der Waals surface area (Å²) in [5.41, 5.74) is 0.607. The maximum atomic E-state index is 14.7. The van der Waals surface area contributed by atoms with E-state index in [9.17, 15) is 9.18 Å². The molecule has 2 aliphatic rings. The van der Waals surface area contributed by atoms with Crippen molar-refractivity contribution in [3.63, 3.8) is 0 Å². The van der Waals surface area contributed by atoms with Crippen LogP contribution in [0.2, 0.25) is 0 Å². The first-order valence-corrected chi connectivity index (χ1v) is 10.6. The first-order valence-electron chi connectivity index (χ1n) is 9.75. The Bertz CT molecular complexity index is 848. The second kappa shape index (κ2) is 8.21. The van der Waals surface area contributed by atoms with Gasteiger partial charge in [-0.25, -0.2) is 9.37 Å². The molecule has 2 saturated carbocycles. The minimum atomic E-state index is -0.364. The third-order valence-electron chi connectivity index (χ3n) is 4.93. The Morgan fingerprint density at radius 2 is 2.14 bits per heavy atom. The van der Waals surface area contributed by atoms with Gasteiger partial charge in [-0.3, -0.25) is 4.79 Å². The number of amides is 1. The molecule has 1 aromatic carbocycles. The van der Waals surface area contributed by atoms with Crippen molar-refractivity contribution in [3.05, 3.63) is 17.9 Å². The molecule has 1 amide bonds. The van der Waals surface area contributed by atoms with Crippen LogP contribution in [0.3, 0.4) is 0 Å². The summed E-state index contributed by atoms with van der Waals surface area (Å²) < 4.78 is 32.4. The van der Waals surface area contributed by atoms with Gasteiger partial charge in [-0.2, -0.15) is 0 Å². The van der Waals surface area contributed by atoms with E-state index in [1.165, 1.54) is 18.3 Å². The van der Waals surface area contributed by atoms with E-state index in [2.05, 4.69) is 10.3 Å². The van der Waals surface area contributed by atoms with E-state index in [0.717, 1.165) is 25.7 Å². The van der Waals surface area contributed by atoms with Crippen LogP contribution in [0.5, 0.6) is 10.9 Å². The number of nitrogens with zero attached hydrogens (tertiary/aromatic N) is 1. The Labute approximate surface area is 167 Å². The zero-order chi connectivity index (χ0) is 19.7. The number of benzene rings is 1. The van der Waals surface area contributed by atoms with Crippen LogP contribution in [0.25, 0.3) is 10.2 Å². The normalized spacial score (nSPS) is 22.5. The Balaban J connectivity index is 1.23. The molecule has 2 aromatic rings. The van der Waals surface area contributed by atoms with E-state index in [-0.39, 0.29) is 35.7 Å². The highest BCUT2D eigenvalue weighted by Gasteiger charge is 2.31. The maximum Gasteiger partial charge on any atom is 0.274 e. The monoisotopic (exact) mass is 408 g/mol. The lowest BCUT2D eigenvalue weighted by Crippen LogP contribution is -2.40. The zero-order valence-corrected chi connectivity index (χ0v) is 16.9. The molecule has 152 valence electrons. The van der Waals surface area contributed by atoms with Gasteiger partial charge in [0.1, 0.15) is 6.10 Å². The number of hydrogen-bond donors (Lipinski definition) is 1. The van der Waals surface area contributed by atoms with Gasteiger partial charge in [-0.15, -0.1) is 0 Å². The van der Waals surface area contributed by atoms with Gasteiger partial charge in [-0.05, 0) is 50.7 Å². The van der Waals surface area contributed by atoms with Crippen molar-refractivity contribution in [1.29, 1.82) is 0 Å². The SMILES string of the molecule is CC(=O)N[C@@H](C)CO[C@H]1C[C@H](COc2ccc3nc(OC4CC4)sc3c2F)C1. The number of ether oxygens (including phenoxy) is 3. The number of aromatic nitrogens is 1. The molecule has 0 bridgehead atoms. The van der Waals surface area contributed by atoms with Crippen molar-refractivity contribution in [3.8, 4) is 10.9 Å². The summed E-state index contributed by atoms with van der Waals surface area (Å²) in [6, 6.07) is 3.42. The van der Waals surface area contributed by atoms with Gasteiger partial charge in [0.25, 0.3) is 5.19 Å². The third kappa shape index (κ3) is 4.72. The Morgan fingerprint density at radius 3 is 2.86 bits per heavy atom. The smallest absolute Gasteiger partial charge is 0.274 e. The second-order valence-corrected chi connectivity index (χ2v) is 8.69. The summed E-state index contributed by atoms with van der Waals surface area (Å²) in [5, 5.41) is 3.33. The summed E-state index contributed by atoms with van der Waals surface area (Å²) in [6.45, 7) is 4.38. The van der Waals surface area contributed by atoms with E-state index < -0.39 is 0 Å². The molecule has 0 radical (unpaired) electrons. The lowest BCUT2D eigenvalue weighted by Gasteiger charge is -2.35. The lowest BCUT2D eigenvalue weighted by atomic mass is 9.83. The molecule has 0 aliphatic heterocycles. The number of thiazole rings is 1. The fourth-order valence-corrected chi connectivity index (χ4v) is 4.15. The number of nitrogens with one attached hydrogen (secondary N) is 1. The van der Waals surface area contributed by atoms with Crippen LogP contribution in [0.1, 0.15) is 39.5 Å². The van der Waals surface area contributed by atoms with Gasteiger partial charge in [0.15, 0.2) is 11.6 Å². The first-order chi connectivity index (χ1) is 13.5. The molecule has 0 unspecified atom stereocenters. The van der Waals surface area contributed by atoms with Gasteiger partial charge in [-0.1, -0.05) is 11.3 Å². The van der Waals surface area contributed by atoms with Crippen LogP contribution in [0.15, 0.2) is 12.1 Å². The van der Waals surface area contributed by atoms with Crippen LogP contribution < -0.4 is 14.8 Å². The van der Waals surface area contributed by atoms with Crippen LogP contribution in [-0.2, 0) is 9.53 Å². The molecule has 2 fully saturated rings. The quantitative estimate of drug-likeness (QED) is 0.686. The molecule has 6 nitrogen and oxygen atoms in total. The van der Waals surface area contributed by atoms with Crippen LogP contribution in [-0.4, -0.2) is 42.4 Å². The van der Waals surface area contributed by atoms with E-state index in [1.807, 2.05) is 6.92 Å². The molecule has 1 heterocycles. The van der Waals surface area contributed by atoms with Crippen LogP contribution >= 0.6 is 11.3 Å². The molecule has 0 saturated heterocycles. The Kier molecular flexibility index (Phi) is 5.68. The van der Waals surface area contributed by atoms with Gasteiger partial charge in [0.2, 0.25) is 5.91 Å². The van der Waals surface area contributed by atoms with Crippen molar-refractivity contribution in [2.45, 2.75) is 57.8 Å². The average molecular weight is 408 g/mol. The number of fused-ring (bicyclic) bond motifs is 1. The lowest BCUT2D eigenvalue weighted by molar-refractivity contribution is -0.120. The van der Waals surface area contributed by atoms with E-state index >= 15 is 0 Å². The molecular weight excluding hydrogens is 383 g/mol. The first kappa shape index (κ1) is 19.4. The second-order valence-electron chi connectivity index (χ2n) is 7.73. The van der Waals surface area contributed by atoms with Gasteiger partial charge in [0, 0.05) is 13.0 Å². The van der Waals surface area contributed by atoms with Crippen molar-refractivity contribution < 1.29 is 23.4 Å². The molecule has 2 aliphatic carbocycles. The number of halogens is 1. The highest BCUT2D eigenvalue weighted by atomic mass is 32.1. The van der Waals surface area contributed by atoms with Gasteiger partial charge in [0.05, 0.1) is 29.5 Å². The van der Waals surface area contributed by atoms with E-state index in [0.29, 0.717) is 34.5 Å². The number of carbonyl (C=O) groups is 1. The molecule has 1 aromatic heterocycles. The summed E-state index contributed by atoms with van der Waals surface area (Å²) in [4.78, 5) is 15.3. The topological polar surface area (TPSA) is 69.7 Å². The predicted octanol–water partition coefficient (Wildman–Crippen LogP) is 3.68. The largest absolute Gasteiger partial charge is 0.490 e. The third-order valence-corrected chi connectivity index (χ3v) is 5.89. The number of carbonyl (C=O) groups excluding carboxylic acids is 1. The van der Waals surface area contributed by atoms with Crippen molar-refractivity contribution in [1.82, 2.24) is 10.3 Å². The van der Waals surface area contributed by atoms with Crippen LogP contribution in [0, 0.1) is 11.7 Å². The minimum absolute atomic E-state index is 0.00168. The highest BCUT2D eigenvalue weighted by Crippen LogP contribution is 2.37. The summed E-state index contributed by atoms with van der Waals surface area (Å²) in [7, 11) is 0. The highest BCUT2D eigenvalue weighted by molar-refractivity contribution is 7.20. The molecule has 1 N–H and O–H groups in total. The number of hydrogen-bond acceptors (Lipinski definition) is 6. The molecule has 1 atom stereocenters. The van der Waals surface area contributed by atoms with Crippen molar-refractivity contribution in [2.75, 3.05) is 13.2 Å². The van der Waals surface area contributed by atoms with E-state index in [1.54, 1.807) is 12.1 Å². The average Bonchev–Trinajstić information content (AvgIpc) is 3.31. The van der Waals surface area contributed by atoms with Crippen LogP contribution in [0.4, 0.5) is 4.39 Å². The Morgan fingerprint density at radius 1 is 1.36 bits per heavy atom. The molecule has 0 spiro atoms. The zero-order valence-electron chi connectivity index (χ0n) is 16.1. The molecule has 4 rings (SSSR count). The van der Waals surface area contributed by atoms with E-state index in [4.69, 9.17) is 14.2 Å². The standard InChI is InChI=1S/C20H25FN2O4S/c1-11(22-12(2)24)9-25-15-7-13(8-15)10-26-17-6-5-16-19(18(17)21)28-20(23-16)27-14-3-4-14/h5-6,11,13-15H,3-4,7-10H2,1-2H3,(H,22,24)/t11-,13-,15-/m0/s1. The predicted molar refractivity (Wildman–Crippen MR) is 104 cm³/mol. The minimum Gasteiger partial charge on any atom is -0.490 e. The fourth-order valence-electron chi connectivity index (χ4n) is 3.24. The number of rotatable bonds is 9. The maximum absolute atomic E-state index is 14.7. The molecule has 8 heteroatoms. The Hall–Kier alpha value is -1.93. The molecular formula is C20H25FN2O4S. The van der Waals surface area contributed by atoms with Crippen molar-refractivity contribution >= 4 is 27.5 Å². The summed E-state index contributed by atoms with van der Waals surface area (Å²) in [5.74, 6) is 0.197. The van der Waals surface area contributed by atoms with Gasteiger partial charge >= 0.3 is 0 Å². The van der Waals surface area contributed by atoms with Gasteiger partial charge < -0.3 is 19.5 Å². The summed E-state index contributed by atoms with van der Waals surface area (Å²) >= 11 is 1.24. The molecule has 28 heavy (non-hydrogen) atoms. The summed E-state index contributed by atoms with van der Waals surface area (Å²) in [6.07, 6.45) is 4.29. The van der Waals surface area contributed by atoms with Crippen molar-refractivity contribution in [2.24, 2.45) is 5.92 Å². The fraction of sp³-hybridized carbons (Fsp3) is 0.600.